The van der Waals surface area contributed by atoms with Crippen molar-refractivity contribution in [1.82, 2.24) is 20.4 Å². The van der Waals surface area contributed by atoms with Crippen LogP contribution in [0, 0.1) is 6.92 Å². The molecule has 0 radical (unpaired) electrons. The fourth-order valence-corrected chi connectivity index (χ4v) is 3.24. The molecule has 0 aromatic carbocycles. The molecule has 9 nitrogen and oxygen atoms in total. The second-order valence-electron chi connectivity index (χ2n) is 8.04. The first-order valence-electron chi connectivity index (χ1n) is 9.97. The summed E-state index contributed by atoms with van der Waals surface area (Å²) >= 11 is 0. The number of nitrogens with zero attached hydrogens (tertiary/aromatic N) is 3. The van der Waals surface area contributed by atoms with Gasteiger partial charge in [0.1, 0.15) is 12.1 Å². The molecule has 1 aliphatic carbocycles. The Kier molecular flexibility index (Phi) is 5.40. The fourth-order valence-electron chi connectivity index (χ4n) is 3.24. The zero-order chi connectivity index (χ0) is 20.4. The molecule has 1 unspecified atom stereocenters. The van der Waals surface area contributed by atoms with Crippen molar-refractivity contribution in [1.29, 1.82) is 0 Å². The van der Waals surface area contributed by atoms with Gasteiger partial charge in [0.25, 0.3) is 0 Å². The van der Waals surface area contributed by atoms with Crippen molar-refractivity contribution in [3.63, 3.8) is 0 Å². The molecule has 4 rings (SSSR count). The van der Waals surface area contributed by atoms with Crippen LogP contribution in [0.2, 0.25) is 0 Å². The molecule has 3 heterocycles. The van der Waals surface area contributed by atoms with Crippen LogP contribution in [-0.2, 0) is 10.3 Å². The first kappa shape index (κ1) is 19.6. The van der Waals surface area contributed by atoms with Gasteiger partial charge in [-0.25, -0.2) is 4.79 Å². The van der Waals surface area contributed by atoms with E-state index in [2.05, 4.69) is 20.4 Å². The summed E-state index contributed by atoms with van der Waals surface area (Å²) in [5.74, 6) is 1.94. The minimum Gasteiger partial charge on any atom is -0.475 e. The summed E-state index contributed by atoms with van der Waals surface area (Å²) in [4.78, 5) is 21.0. The van der Waals surface area contributed by atoms with E-state index in [0.717, 1.165) is 37.9 Å². The lowest BCUT2D eigenvalue weighted by molar-refractivity contribution is 0.0657. The number of aryl methyl sites for hydroxylation is 1. The molecule has 2 aromatic heterocycles. The number of amides is 1. The van der Waals surface area contributed by atoms with E-state index < -0.39 is 11.6 Å². The number of hydrogen-bond acceptors (Lipinski definition) is 8. The van der Waals surface area contributed by atoms with Crippen molar-refractivity contribution in [2.24, 2.45) is 0 Å². The number of aromatic nitrogens is 3. The summed E-state index contributed by atoms with van der Waals surface area (Å²) in [6, 6.07) is 3.61. The Hall–Kier alpha value is -2.68. The van der Waals surface area contributed by atoms with Gasteiger partial charge < -0.3 is 24.1 Å². The maximum Gasteiger partial charge on any atom is 0.414 e. The zero-order valence-electron chi connectivity index (χ0n) is 16.9. The van der Waals surface area contributed by atoms with Gasteiger partial charge in [-0.15, -0.1) is 0 Å². The summed E-state index contributed by atoms with van der Waals surface area (Å²) < 4.78 is 21.9. The normalized spacial score (nSPS) is 19.2. The molecule has 1 saturated carbocycles. The number of pyridine rings is 1. The Morgan fingerprint density at radius 2 is 2.10 bits per heavy atom. The first-order valence-corrected chi connectivity index (χ1v) is 9.97. The van der Waals surface area contributed by atoms with Gasteiger partial charge in [0, 0.05) is 25.2 Å². The third-order valence-corrected chi connectivity index (χ3v) is 5.01. The quantitative estimate of drug-likeness (QED) is 0.752. The first-order chi connectivity index (χ1) is 13.9. The van der Waals surface area contributed by atoms with E-state index in [1.807, 2.05) is 6.07 Å². The number of nitrogens with one attached hydrogen (secondary N) is 1. The lowest BCUT2D eigenvalue weighted by Gasteiger charge is -2.21. The summed E-state index contributed by atoms with van der Waals surface area (Å²) in [5, 5.41) is 6.59. The third-order valence-electron chi connectivity index (χ3n) is 5.01. The predicted molar refractivity (Wildman–Crippen MR) is 102 cm³/mol. The smallest absolute Gasteiger partial charge is 0.414 e. The molecule has 0 spiro atoms. The molecular weight excluding hydrogens is 376 g/mol. The van der Waals surface area contributed by atoms with Crippen LogP contribution in [0.3, 0.4) is 0 Å². The van der Waals surface area contributed by atoms with Crippen molar-refractivity contribution in [2.75, 3.05) is 13.2 Å². The zero-order valence-corrected chi connectivity index (χ0v) is 16.9. The third kappa shape index (κ3) is 4.84. The van der Waals surface area contributed by atoms with Crippen LogP contribution in [0.15, 0.2) is 16.7 Å². The van der Waals surface area contributed by atoms with E-state index in [4.69, 9.17) is 18.7 Å². The number of ether oxygens (including phenoxy) is 3. The Bertz CT molecular complexity index is 872. The average molecular weight is 402 g/mol. The number of carbonyl (C=O) groups is 1. The molecule has 1 atom stereocenters. The van der Waals surface area contributed by atoms with Crippen molar-refractivity contribution in [3.8, 4) is 11.8 Å². The molecule has 2 fully saturated rings. The average Bonchev–Trinajstić information content (AvgIpc) is 3.18. The van der Waals surface area contributed by atoms with Crippen LogP contribution in [0.4, 0.5) is 4.79 Å². The topological polar surface area (TPSA) is 109 Å². The Labute approximate surface area is 169 Å². The van der Waals surface area contributed by atoms with E-state index in [9.17, 15) is 4.79 Å². The van der Waals surface area contributed by atoms with Gasteiger partial charge in [-0.2, -0.15) is 9.97 Å². The van der Waals surface area contributed by atoms with E-state index in [0.29, 0.717) is 30.1 Å². The van der Waals surface area contributed by atoms with E-state index in [1.54, 1.807) is 26.8 Å². The molecule has 2 aromatic rings. The molecule has 0 bridgehead atoms. The SMILES string of the molecule is Cc1nc(C(C)(C)NC(=O)Oc2ccc(C3CC3)c(OCC3CCCO3)n2)no1. The molecule has 9 heteroatoms. The van der Waals surface area contributed by atoms with E-state index in [1.165, 1.54) is 0 Å². The second-order valence-corrected chi connectivity index (χ2v) is 8.04. The number of carbonyl (C=O) groups excluding carboxylic acids is 1. The lowest BCUT2D eigenvalue weighted by Crippen LogP contribution is -2.43. The van der Waals surface area contributed by atoms with Crippen molar-refractivity contribution >= 4 is 6.09 Å². The molecule has 1 N–H and O–H groups in total. The van der Waals surface area contributed by atoms with Gasteiger partial charge in [-0.05, 0) is 51.5 Å². The van der Waals surface area contributed by atoms with Crippen molar-refractivity contribution in [3.05, 3.63) is 29.4 Å². The minimum absolute atomic E-state index is 0.0935. The lowest BCUT2D eigenvalue weighted by atomic mass is 10.1. The fraction of sp³-hybridized carbons (Fsp3) is 0.600. The van der Waals surface area contributed by atoms with E-state index >= 15 is 0 Å². The Morgan fingerprint density at radius 3 is 2.76 bits per heavy atom. The van der Waals surface area contributed by atoms with E-state index in [-0.39, 0.29) is 12.0 Å². The van der Waals surface area contributed by atoms with Gasteiger partial charge in [-0.3, -0.25) is 0 Å². The van der Waals surface area contributed by atoms with Gasteiger partial charge in [0.05, 0.1) is 6.10 Å². The summed E-state index contributed by atoms with van der Waals surface area (Å²) in [6.45, 7) is 6.44. The molecule has 156 valence electrons. The predicted octanol–water partition coefficient (Wildman–Crippen LogP) is 3.23. The molecule has 1 amide bonds. The van der Waals surface area contributed by atoms with Gasteiger partial charge in [-0.1, -0.05) is 5.16 Å². The standard InChI is InChI=1S/C20H26N4O5/c1-12-21-18(24-29-12)20(2,3)23-19(25)28-16-9-8-15(13-6-7-13)17(22-16)27-11-14-5-4-10-26-14/h8-9,13-14H,4-7,10-11H2,1-3H3,(H,23,25). The summed E-state index contributed by atoms with van der Waals surface area (Å²) in [6.07, 6.45) is 3.72. The highest BCUT2D eigenvalue weighted by atomic mass is 16.6. The maximum atomic E-state index is 12.4. The number of hydrogen-bond donors (Lipinski definition) is 1. The monoisotopic (exact) mass is 402 g/mol. The van der Waals surface area contributed by atoms with Crippen LogP contribution in [0.25, 0.3) is 0 Å². The highest BCUT2D eigenvalue weighted by Gasteiger charge is 2.31. The number of rotatable bonds is 7. The van der Waals surface area contributed by atoms with Crippen LogP contribution in [0.5, 0.6) is 11.8 Å². The molecule has 1 aliphatic heterocycles. The Morgan fingerprint density at radius 1 is 1.28 bits per heavy atom. The highest BCUT2D eigenvalue weighted by Crippen LogP contribution is 2.44. The molecule has 2 aliphatic rings. The highest BCUT2D eigenvalue weighted by molar-refractivity contribution is 5.71. The van der Waals surface area contributed by atoms with Crippen molar-refractivity contribution in [2.45, 2.75) is 64.0 Å². The largest absolute Gasteiger partial charge is 0.475 e. The molecule has 29 heavy (non-hydrogen) atoms. The van der Waals surface area contributed by atoms with Gasteiger partial charge in [0.2, 0.25) is 17.7 Å². The van der Waals surface area contributed by atoms with Crippen LogP contribution < -0.4 is 14.8 Å². The van der Waals surface area contributed by atoms with Crippen LogP contribution in [0.1, 0.15) is 62.7 Å². The minimum atomic E-state index is -0.859. The summed E-state index contributed by atoms with van der Waals surface area (Å²) in [7, 11) is 0. The van der Waals surface area contributed by atoms with Crippen molar-refractivity contribution < 1.29 is 23.5 Å². The van der Waals surface area contributed by atoms with Gasteiger partial charge >= 0.3 is 6.09 Å². The second kappa shape index (κ2) is 7.98. The van der Waals surface area contributed by atoms with Crippen LogP contribution >= 0.6 is 0 Å². The van der Waals surface area contributed by atoms with Crippen LogP contribution in [-0.4, -0.2) is 40.5 Å². The van der Waals surface area contributed by atoms with Gasteiger partial charge in [0.15, 0.2) is 5.82 Å². The molecular formula is C20H26N4O5. The Balaban J connectivity index is 1.42. The maximum absolute atomic E-state index is 12.4. The summed E-state index contributed by atoms with van der Waals surface area (Å²) in [5.41, 5.74) is 0.195. The molecule has 1 saturated heterocycles.